The van der Waals surface area contributed by atoms with E-state index < -0.39 is 21.9 Å². The Balaban J connectivity index is 1.33. The quantitative estimate of drug-likeness (QED) is 0.448. The van der Waals surface area contributed by atoms with Gasteiger partial charge in [-0.05, 0) is 73.0 Å². The normalized spacial score (nSPS) is 15.4. The van der Waals surface area contributed by atoms with Crippen LogP contribution in [0.4, 0.5) is 11.4 Å². The summed E-state index contributed by atoms with van der Waals surface area (Å²) in [6.45, 7) is 1.05. The minimum absolute atomic E-state index is 0.137. The Morgan fingerprint density at radius 3 is 2.44 bits per heavy atom. The van der Waals surface area contributed by atoms with Gasteiger partial charge in [-0.3, -0.25) is 9.59 Å². The minimum Gasteiger partial charge on any atom is -0.482 e. The van der Waals surface area contributed by atoms with Crippen molar-refractivity contribution in [3.8, 4) is 5.75 Å². The number of ether oxygens (including phenoxy) is 2. The number of sulfonamides is 1. The molecule has 2 amide bonds. The smallest absolute Gasteiger partial charge is 0.337 e. The van der Waals surface area contributed by atoms with Crippen molar-refractivity contribution in [1.82, 2.24) is 4.31 Å². The van der Waals surface area contributed by atoms with Crippen molar-refractivity contribution in [2.45, 2.75) is 24.3 Å². The van der Waals surface area contributed by atoms with Gasteiger partial charge in [0.25, 0.3) is 11.8 Å². The molecule has 0 spiro atoms. The first-order valence-electron chi connectivity index (χ1n) is 12.4. The van der Waals surface area contributed by atoms with Crippen LogP contribution in [0.1, 0.15) is 39.1 Å². The predicted octanol–water partition coefficient (Wildman–Crippen LogP) is 3.44. The van der Waals surface area contributed by atoms with E-state index in [0.29, 0.717) is 35.8 Å². The van der Waals surface area contributed by atoms with Gasteiger partial charge in [0, 0.05) is 24.3 Å². The van der Waals surface area contributed by atoms with Gasteiger partial charge < -0.3 is 19.7 Å². The van der Waals surface area contributed by atoms with Gasteiger partial charge in [-0.1, -0.05) is 12.1 Å². The molecule has 2 aliphatic rings. The number of esters is 1. The Bertz CT molecular complexity index is 1530. The molecule has 0 aromatic heterocycles. The van der Waals surface area contributed by atoms with Crippen LogP contribution in [0, 0.1) is 0 Å². The fourth-order valence-corrected chi connectivity index (χ4v) is 6.13. The fourth-order valence-electron chi connectivity index (χ4n) is 4.61. The summed E-state index contributed by atoms with van der Waals surface area (Å²) in [5, 5.41) is 2.80. The molecule has 1 N–H and O–H groups in total. The molecular formula is C28H27N3O7S. The highest BCUT2D eigenvalue weighted by Crippen LogP contribution is 2.36. The van der Waals surface area contributed by atoms with Crippen LogP contribution in [0.25, 0.3) is 0 Å². The van der Waals surface area contributed by atoms with Crippen molar-refractivity contribution in [1.29, 1.82) is 0 Å². The highest BCUT2D eigenvalue weighted by Gasteiger charge is 2.28. The number of nitrogens with one attached hydrogen (secondary N) is 1. The fraction of sp³-hybridized carbons (Fsp3) is 0.250. The lowest BCUT2D eigenvalue weighted by Crippen LogP contribution is -2.38. The number of amides is 2. The first kappa shape index (κ1) is 26.4. The maximum atomic E-state index is 12.9. The first-order chi connectivity index (χ1) is 18.8. The summed E-state index contributed by atoms with van der Waals surface area (Å²) >= 11 is 0. The second kappa shape index (κ2) is 10.9. The molecule has 10 nitrogen and oxygen atoms in total. The zero-order chi connectivity index (χ0) is 27.6. The van der Waals surface area contributed by atoms with Gasteiger partial charge in [-0.15, -0.1) is 0 Å². The average Bonchev–Trinajstić information content (AvgIpc) is 3.51. The third-order valence-electron chi connectivity index (χ3n) is 6.67. The summed E-state index contributed by atoms with van der Waals surface area (Å²) in [7, 11) is -2.27. The van der Waals surface area contributed by atoms with Gasteiger partial charge in [0.15, 0.2) is 6.61 Å². The summed E-state index contributed by atoms with van der Waals surface area (Å²) in [6.07, 6.45) is 1.68. The number of nitrogens with zero attached hydrogens (tertiary/aromatic N) is 2. The molecule has 0 saturated carbocycles. The van der Waals surface area contributed by atoms with Crippen molar-refractivity contribution in [3.63, 3.8) is 0 Å². The number of carbonyl (C=O) groups excluding carboxylic acids is 3. The zero-order valence-electron chi connectivity index (χ0n) is 21.3. The summed E-state index contributed by atoms with van der Waals surface area (Å²) in [4.78, 5) is 39.3. The van der Waals surface area contributed by atoms with Crippen molar-refractivity contribution in [3.05, 3.63) is 83.4 Å². The molecule has 202 valence electrons. The maximum Gasteiger partial charge on any atom is 0.337 e. The van der Waals surface area contributed by atoms with Gasteiger partial charge in [-0.2, -0.15) is 4.31 Å². The van der Waals surface area contributed by atoms with Crippen molar-refractivity contribution in [2.24, 2.45) is 0 Å². The first-order valence-corrected chi connectivity index (χ1v) is 13.9. The van der Waals surface area contributed by atoms with Crippen LogP contribution in [-0.4, -0.2) is 57.3 Å². The van der Waals surface area contributed by atoms with Crippen LogP contribution in [0.3, 0.4) is 0 Å². The lowest BCUT2D eigenvalue weighted by atomic mass is 10.1. The van der Waals surface area contributed by atoms with Gasteiger partial charge in [0.05, 0.1) is 29.8 Å². The molecule has 2 heterocycles. The van der Waals surface area contributed by atoms with E-state index in [1.807, 2.05) is 0 Å². The van der Waals surface area contributed by atoms with Gasteiger partial charge in [0.2, 0.25) is 10.0 Å². The third kappa shape index (κ3) is 5.50. The molecule has 2 aliphatic heterocycles. The topological polar surface area (TPSA) is 122 Å². The van der Waals surface area contributed by atoms with Gasteiger partial charge in [0.1, 0.15) is 5.75 Å². The van der Waals surface area contributed by atoms with E-state index in [4.69, 9.17) is 9.47 Å². The molecule has 5 rings (SSSR count). The lowest BCUT2D eigenvalue weighted by Gasteiger charge is -2.30. The molecule has 11 heteroatoms. The Labute approximate surface area is 226 Å². The van der Waals surface area contributed by atoms with E-state index in [1.165, 1.54) is 40.6 Å². The number of anilines is 2. The number of hydrogen-bond acceptors (Lipinski definition) is 7. The lowest BCUT2D eigenvalue weighted by molar-refractivity contribution is -0.121. The molecule has 0 unspecified atom stereocenters. The van der Waals surface area contributed by atoms with Crippen molar-refractivity contribution in [2.75, 3.05) is 37.0 Å². The van der Waals surface area contributed by atoms with E-state index in [0.717, 1.165) is 18.4 Å². The molecule has 0 atom stereocenters. The summed E-state index contributed by atoms with van der Waals surface area (Å²) in [5.74, 6) is -0.699. The summed E-state index contributed by atoms with van der Waals surface area (Å²) in [6, 6.07) is 17.6. The standard InChI is InChI=1S/C28H27N3O7S/c1-37-28(34)21-6-4-5-19(15-21)17-31-24-16-22(9-12-25(24)38-18-26(31)32)29-27(33)20-7-10-23(11-8-20)39(35,36)30-13-2-3-14-30/h4-12,15-16H,2-3,13-14,17-18H2,1H3,(H,29,33). The Hall–Kier alpha value is -4.22. The minimum atomic E-state index is -3.57. The van der Waals surface area contributed by atoms with Crippen LogP contribution in [0.5, 0.6) is 5.75 Å². The summed E-state index contributed by atoms with van der Waals surface area (Å²) < 4.78 is 37.3. The van der Waals surface area contributed by atoms with E-state index in [9.17, 15) is 22.8 Å². The Kier molecular flexibility index (Phi) is 7.36. The van der Waals surface area contributed by atoms with Crippen LogP contribution in [0.2, 0.25) is 0 Å². The third-order valence-corrected chi connectivity index (χ3v) is 8.58. The molecule has 0 bridgehead atoms. The Morgan fingerprint density at radius 2 is 1.72 bits per heavy atom. The van der Waals surface area contributed by atoms with Crippen LogP contribution < -0.4 is 15.0 Å². The van der Waals surface area contributed by atoms with E-state index in [1.54, 1.807) is 42.5 Å². The number of carbonyl (C=O) groups is 3. The van der Waals surface area contributed by atoms with E-state index in [2.05, 4.69) is 5.32 Å². The molecule has 1 saturated heterocycles. The monoisotopic (exact) mass is 549 g/mol. The molecule has 0 radical (unpaired) electrons. The van der Waals surface area contributed by atoms with Crippen LogP contribution >= 0.6 is 0 Å². The molecular weight excluding hydrogens is 522 g/mol. The van der Waals surface area contributed by atoms with Gasteiger partial charge in [-0.25, -0.2) is 13.2 Å². The maximum absolute atomic E-state index is 12.9. The number of hydrogen-bond donors (Lipinski definition) is 1. The highest BCUT2D eigenvalue weighted by molar-refractivity contribution is 7.89. The van der Waals surface area contributed by atoms with Crippen LogP contribution in [-0.2, 0) is 26.1 Å². The Morgan fingerprint density at radius 1 is 0.974 bits per heavy atom. The number of benzene rings is 3. The van der Waals surface area contributed by atoms with Gasteiger partial charge >= 0.3 is 5.97 Å². The highest BCUT2D eigenvalue weighted by atomic mass is 32.2. The molecule has 1 fully saturated rings. The van der Waals surface area contributed by atoms with Crippen molar-refractivity contribution < 1.29 is 32.3 Å². The van der Waals surface area contributed by atoms with Crippen LogP contribution in [0.15, 0.2) is 71.6 Å². The molecule has 3 aromatic rings. The second-order valence-corrected chi connectivity index (χ2v) is 11.2. The largest absolute Gasteiger partial charge is 0.482 e. The number of methoxy groups -OCH3 is 1. The van der Waals surface area contributed by atoms with Crippen molar-refractivity contribution >= 4 is 39.2 Å². The second-order valence-electron chi connectivity index (χ2n) is 9.23. The SMILES string of the molecule is COC(=O)c1cccc(CN2C(=O)COc3ccc(NC(=O)c4ccc(S(=O)(=O)N5CCCC5)cc4)cc32)c1. The molecule has 3 aromatic carbocycles. The summed E-state index contributed by atoms with van der Waals surface area (Å²) in [5.41, 5.74) is 2.28. The number of fused-ring (bicyclic) bond motifs is 1. The van der Waals surface area contributed by atoms with E-state index in [-0.39, 0.29) is 29.5 Å². The molecule has 0 aliphatic carbocycles. The average molecular weight is 550 g/mol. The van der Waals surface area contributed by atoms with E-state index >= 15 is 0 Å². The predicted molar refractivity (Wildman–Crippen MR) is 143 cm³/mol. The number of rotatable bonds is 7. The molecule has 39 heavy (non-hydrogen) atoms. The zero-order valence-corrected chi connectivity index (χ0v) is 22.1.